The Kier molecular flexibility index (Phi) is 4.81. The zero-order chi connectivity index (χ0) is 28.1. The van der Waals surface area contributed by atoms with Gasteiger partial charge >= 0.3 is 0 Å². The molecule has 0 saturated carbocycles. The molecular weight excluding hydrogens is 561 g/mol. The van der Waals surface area contributed by atoms with Crippen LogP contribution in [-0.2, 0) is 0 Å². The predicted molar refractivity (Wildman–Crippen MR) is 188 cm³/mol. The highest BCUT2D eigenvalue weighted by atomic mass is 32.1. The van der Waals surface area contributed by atoms with Gasteiger partial charge in [-0.05, 0) is 98.0 Å². The molecule has 0 N–H and O–H groups in total. The van der Waals surface area contributed by atoms with Gasteiger partial charge in [0.2, 0.25) is 0 Å². The molecule has 0 aliphatic carbocycles. The Labute approximate surface area is 254 Å². The Balaban J connectivity index is 1.07. The molecule has 0 aliphatic heterocycles. The summed E-state index contributed by atoms with van der Waals surface area (Å²) < 4.78 is 11.7. The van der Waals surface area contributed by atoms with Crippen LogP contribution in [0.2, 0.25) is 0 Å². The fraction of sp³-hybridized carbons (Fsp3) is 0. The van der Waals surface area contributed by atoms with Gasteiger partial charge in [0.15, 0.2) is 0 Å². The molecule has 1 nitrogen and oxygen atoms in total. The van der Waals surface area contributed by atoms with Crippen molar-refractivity contribution in [3.63, 3.8) is 0 Å². The first-order valence-corrected chi connectivity index (χ1v) is 16.1. The third-order valence-corrected chi connectivity index (χ3v) is 11.3. The summed E-state index contributed by atoms with van der Waals surface area (Å²) in [6.07, 6.45) is 0. The van der Waals surface area contributed by atoms with Gasteiger partial charge in [-0.2, -0.15) is 0 Å². The lowest BCUT2D eigenvalue weighted by molar-refractivity contribution is 0.631. The van der Waals surface area contributed by atoms with Gasteiger partial charge in [-0.15, -0.1) is 22.7 Å². The minimum Gasteiger partial charge on any atom is -0.456 e. The van der Waals surface area contributed by atoms with E-state index in [2.05, 4.69) is 115 Å². The third-order valence-electron chi connectivity index (χ3n) is 8.79. The second-order valence-corrected chi connectivity index (χ2v) is 13.5. The molecule has 3 aromatic heterocycles. The summed E-state index contributed by atoms with van der Waals surface area (Å²) in [7, 11) is 0. The van der Waals surface area contributed by atoms with Crippen LogP contribution in [0.3, 0.4) is 0 Å². The molecule has 10 rings (SSSR count). The Morgan fingerprint density at radius 3 is 1.53 bits per heavy atom. The Bertz CT molecular complexity index is 2700. The van der Waals surface area contributed by atoms with Crippen molar-refractivity contribution >= 4 is 95.5 Å². The van der Waals surface area contributed by atoms with Gasteiger partial charge in [0, 0.05) is 31.1 Å². The van der Waals surface area contributed by atoms with Crippen LogP contribution in [0.4, 0.5) is 0 Å². The summed E-state index contributed by atoms with van der Waals surface area (Å²) in [6, 6.07) is 48.7. The summed E-state index contributed by atoms with van der Waals surface area (Å²) >= 11 is 3.85. The SMILES string of the molecule is c1ccc2cc3c(cc2c1)sc1c2cc4cc(-c5ccc6cc(-c7cc8ccccc8o7)ccc6c5)ccc4cc2sc31. The van der Waals surface area contributed by atoms with Crippen molar-refractivity contribution in [1.82, 2.24) is 0 Å². The molecule has 0 atom stereocenters. The number of benzene rings is 7. The maximum Gasteiger partial charge on any atom is 0.135 e. The molecule has 0 amide bonds. The topological polar surface area (TPSA) is 13.1 Å². The number of thiophene rings is 2. The average Bonchev–Trinajstić information content (AvgIpc) is 3.74. The molecular formula is C40H22OS2. The normalized spacial score (nSPS) is 12.2. The van der Waals surface area contributed by atoms with E-state index in [-0.39, 0.29) is 0 Å². The van der Waals surface area contributed by atoms with E-state index in [1.54, 1.807) is 0 Å². The predicted octanol–water partition coefficient (Wildman–Crippen LogP) is 12.8. The van der Waals surface area contributed by atoms with Crippen molar-refractivity contribution < 1.29 is 4.42 Å². The molecule has 0 unspecified atom stereocenters. The Morgan fingerprint density at radius 2 is 0.860 bits per heavy atom. The van der Waals surface area contributed by atoms with Crippen LogP contribution in [0.5, 0.6) is 0 Å². The van der Waals surface area contributed by atoms with Gasteiger partial charge in [0.05, 0.1) is 9.40 Å². The standard InChI is InChI=1S/C40H22OS2/c1-2-6-24-21-37-33(18-23(24)5-1)39-40(42-37)34-19-32-17-28(11-12-29(32)22-38(34)43-39)25-9-10-27-16-31(14-13-26(27)15-25)36-20-30-7-3-4-8-35(30)41-36/h1-22H. The summed E-state index contributed by atoms with van der Waals surface area (Å²) in [5, 5.41) is 11.5. The van der Waals surface area contributed by atoms with Gasteiger partial charge < -0.3 is 4.42 Å². The van der Waals surface area contributed by atoms with Gasteiger partial charge in [-0.1, -0.05) is 78.9 Å². The highest BCUT2D eigenvalue weighted by Crippen LogP contribution is 2.46. The maximum absolute atomic E-state index is 6.12. The average molecular weight is 583 g/mol. The van der Waals surface area contributed by atoms with E-state index in [0.717, 1.165) is 22.3 Å². The summed E-state index contributed by atoms with van der Waals surface area (Å²) in [5.74, 6) is 0.905. The maximum atomic E-state index is 6.12. The number of hydrogen-bond acceptors (Lipinski definition) is 3. The lowest BCUT2D eigenvalue weighted by Gasteiger charge is -2.08. The van der Waals surface area contributed by atoms with Crippen LogP contribution in [0, 0.1) is 0 Å². The highest BCUT2D eigenvalue weighted by molar-refractivity contribution is 7.36. The monoisotopic (exact) mass is 582 g/mol. The molecule has 0 bridgehead atoms. The second kappa shape index (κ2) is 8.78. The lowest BCUT2D eigenvalue weighted by atomic mass is 9.97. The van der Waals surface area contributed by atoms with Crippen molar-refractivity contribution in [2.45, 2.75) is 0 Å². The van der Waals surface area contributed by atoms with E-state index in [4.69, 9.17) is 4.42 Å². The van der Waals surface area contributed by atoms with Crippen LogP contribution >= 0.6 is 22.7 Å². The molecule has 0 spiro atoms. The van der Waals surface area contributed by atoms with E-state index in [1.807, 2.05) is 40.9 Å². The zero-order valence-corrected chi connectivity index (χ0v) is 24.6. The molecule has 3 heteroatoms. The quantitative estimate of drug-likeness (QED) is 0.198. The second-order valence-electron chi connectivity index (χ2n) is 11.4. The fourth-order valence-corrected chi connectivity index (χ4v) is 9.27. The van der Waals surface area contributed by atoms with Crippen molar-refractivity contribution in [2.24, 2.45) is 0 Å². The largest absolute Gasteiger partial charge is 0.456 e. The van der Waals surface area contributed by atoms with Crippen LogP contribution < -0.4 is 0 Å². The lowest BCUT2D eigenvalue weighted by Crippen LogP contribution is -1.82. The number of para-hydroxylation sites is 1. The molecule has 43 heavy (non-hydrogen) atoms. The number of fused-ring (bicyclic) bond motifs is 9. The van der Waals surface area contributed by atoms with E-state index in [1.165, 1.54) is 73.0 Å². The summed E-state index contributed by atoms with van der Waals surface area (Å²) in [4.78, 5) is 0. The van der Waals surface area contributed by atoms with E-state index < -0.39 is 0 Å². The van der Waals surface area contributed by atoms with Crippen molar-refractivity contribution in [3.05, 3.63) is 133 Å². The number of rotatable bonds is 2. The third kappa shape index (κ3) is 3.62. The number of furan rings is 1. The minimum absolute atomic E-state index is 0.905. The first-order valence-electron chi connectivity index (χ1n) is 14.5. The van der Waals surface area contributed by atoms with Gasteiger partial charge in [0.1, 0.15) is 11.3 Å². The number of hydrogen-bond donors (Lipinski definition) is 0. The minimum atomic E-state index is 0.905. The van der Waals surface area contributed by atoms with Crippen LogP contribution in [0.25, 0.3) is 95.3 Å². The smallest absolute Gasteiger partial charge is 0.135 e. The molecule has 0 saturated heterocycles. The highest BCUT2D eigenvalue weighted by Gasteiger charge is 2.14. The fourth-order valence-electron chi connectivity index (χ4n) is 6.57. The first kappa shape index (κ1) is 23.6. The van der Waals surface area contributed by atoms with Gasteiger partial charge in [-0.25, -0.2) is 0 Å². The van der Waals surface area contributed by atoms with Crippen LogP contribution in [0.15, 0.2) is 138 Å². The van der Waals surface area contributed by atoms with Crippen molar-refractivity contribution in [1.29, 1.82) is 0 Å². The van der Waals surface area contributed by atoms with E-state index in [0.29, 0.717) is 0 Å². The molecule has 0 fully saturated rings. The Morgan fingerprint density at radius 1 is 0.372 bits per heavy atom. The summed E-state index contributed by atoms with van der Waals surface area (Å²) in [5.41, 5.74) is 4.49. The first-order chi connectivity index (χ1) is 21.2. The van der Waals surface area contributed by atoms with Gasteiger partial charge in [0.25, 0.3) is 0 Å². The molecule has 0 radical (unpaired) electrons. The van der Waals surface area contributed by atoms with Crippen LogP contribution in [0.1, 0.15) is 0 Å². The molecule has 3 heterocycles. The van der Waals surface area contributed by atoms with E-state index >= 15 is 0 Å². The molecule has 10 aromatic rings. The molecule has 200 valence electrons. The van der Waals surface area contributed by atoms with Crippen LogP contribution in [-0.4, -0.2) is 0 Å². The molecule has 7 aromatic carbocycles. The van der Waals surface area contributed by atoms with E-state index in [9.17, 15) is 0 Å². The van der Waals surface area contributed by atoms with Crippen molar-refractivity contribution in [3.8, 4) is 22.5 Å². The van der Waals surface area contributed by atoms with Crippen molar-refractivity contribution in [2.75, 3.05) is 0 Å². The summed E-state index contributed by atoms with van der Waals surface area (Å²) in [6.45, 7) is 0. The Hall–Kier alpha value is -4.96. The zero-order valence-electron chi connectivity index (χ0n) is 22.9. The molecule has 0 aliphatic rings. The van der Waals surface area contributed by atoms with Gasteiger partial charge in [-0.3, -0.25) is 0 Å².